The van der Waals surface area contributed by atoms with Gasteiger partial charge < -0.3 is 15.5 Å². The molecule has 26 heavy (non-hydrogen) atoms. The van der Waals surface area contributed by atoms with Crippen LogP contribution in [0.15, 0.2) is 66.7 Å². The topological polar surface area (TPSA) is 52.5 Å². The maximum absolute atomic E-state index is 9.84. The maximum Gasteiger partial charge on any atom is 0.157 e. The Morgan fingerprint density at radius 3 is 2.23 bits per heavy atom. The van der Waals surface area contributed by atoms with Gasteiger partial charge in [0, 0.05) is 6.04 Å². The van der Waals surface area contributed by atoms with E-state index in [9.17, 15) is 10.2 Å². The van der Waals surface area contributed by atoms with Gasteiger partial charge in [0.1, 0.15) is 0 Å². The second-order valence-corrected chi connectivity index (χ2v) is 6.56. The lowest BCUT2D eigenvalue weighted by Gasteiger charge is -2.27. The lowest BCUT2D eigenvalue weighted by atomic mass is 9.89. The zero-order valence-corrected chi connectivity index (χ0v) is 15.2. The van der Waals surface area contributed by atoms with Gasteiger partial charge >= 0.3 is 0 Å². The fourth-order valence-corrected chi connectivity index (χ4v) is 3.55. The third kappa shape index (κ3) is 3.69. The number of rotatable bonds is 3. The molecule has 1 atom stereocenters. The van der Waals surface area contributed by atoms with Crippen molar-refractivity contribution in [2.45, 2.75) is 18.9 Å². The van der Waals surface area contributed by atoms with Crippen molar-refractivity contribution in [3.8, 4) is 22.6 Å². The summed E-state index contributed by atoms with van der Waals surface area (Å²) in [7, 11) is 0. The molecule has 0 fully saturated rings. The number of benzene rings is 3. The van der Waals surface area contributed by atoms with Crippen LogP contribution < -0.4 is 5.32 Å². The quantitative estimate of drug-likeness (QED) is 0.592. The third-order valence-electron chi connectivity index (χ3n) is 4.90. The Morgan fingerprint density at radius 2 is 1.50 bits per heavy atom. The summed E-state index contributed by atoms with van der Waals surface area (Å²) in [4.78, 5) is 0. The minimum Gasteiger partial charge on any atom is -0.504 e. The highest BCUT2D eigenvalue weighted by molar-refractivity contribution is 5.85. The molecule has 0 aliphatic carbocycles. The fourth-order valence-electron chi connectivity index (χ4n) is 3.55. The van der Waals surface area contributed by atoms with Gasteiger partial charge in [0.15, 0.2) is 11.5 Å². The van der Waals surface area contributed by atoms with E-state index in [2.05, 4.69) is 41.7 Å². The van der Waals surface area contributed by atoms with Crippen molar-refractivity contribution in [1.29, 1.82) is 0 Å². The zero-order valence-electron chi connectivity index (χ0n) is 14.4. The predicted molar refractivity (Wildman–Crippen MR) is 107 cm³/mol. The van der Waals surface area contributed by atoms with Crippen molar-refractivity contribution in [1.82, 2.24) is 5.32 Å². The summed E-state index contributed by atoms with van der Waals surface area (Å²) in [5.41, 5.74) is 5.87. The molecular weight excluding hydrogens is 346 g/mol. The Labute approximate surface area is 159 Å². The molecule has 1 aliphatic rings. The molecular formula is C22H22ClNO2. The van der Waals surface area contributed by atoms with Crippen LogP contribution in [-0.4, -0.2) is 16.8 Å². The second kappa shape index (κ2) is 7.81. The highest BCUT2D eigenvalue weighted by Crippen LogP contribution is 2.35. The smallest absolute Gasteiger partial charge is 0.157 e. The van der Waals surface area contributed by atoms with Gasteiger partial charge in [0.25, 0.3) is 0 Å². The third-order valence-corrected chi connectivity index (χ3v) is 4.90. The molecule has 3 aromatic carbocycles. The lowest BCUT2D eigenvalue weighted by molar-refractivity contribution is 0.398. The molecule has 0 saturated heterocycles. The van der Waals surface area contributed by atoms with E-state index in [0.717, 1.165) is 30.5 Å². The Kier molecular flexibility index (Phi) is 5.50. The molecule has 0 amide bonds. The van der Waals surface area contributed by atoms with Gasteiger partial charge in [-0.05, 0) is 59.3 Å². The summed E-state index contributed by atoms with van der Waals surface area (Å²) in [6.07, 6.45) is 1.72. The van der Waals surface area contributed by atoms with Gasteiger partial charge in [0.2, 0.25) is 0 Å². The summed E-state index contributed by atoms with van der Waals surface area (Å²) < 4.78 is 0. The van der Waals surface area contributed by atoms with E-state index in [1.165, 1.54) is 16.7 Å². The van der Waals surface area contributed by atoms with Crippen LogP contribution >= 0.6 is 12.4 Å². The van der Waals surface area contributed by atoms with Gasteiger partial charge in [0.05, 0.1) is 0 Å². The Balaban J connectivity index is 0.00000196. The summed E-state index contributed by atoms with van der Waals surface area (Å²) in [6, 6.07) is 22.5. The van der Waals surface area contributed by atoms with Crippen molar-refractivity contribution in [2.24, 2.45) is 0 Å². The van der Waals surface area contributed by atoms with Crippen molar-refractivity contribution < 1.29 is 10.2 Å². The van der Waals surface area contributed by atoms with E-state index in [1.54, 1.807) is 12.1 Å². The van der Waals surface area contributed by atoms with Crippen molar-refractivity contribution in [3.63, 3.8) is 0 Å². The van der Waals surface area contributed by atoms with Crippen LogP contribution in [0.25, 0.3) is 11.1 Å². The van der Waals surface area contributed by atoms with Crippen molar-refractivity contribution in [3.05, 3.63) is 83.4 Å². The van der Waals surface area contributed by atoms with Crippen LogP contribution in [0.5, 0.6) is 11.5 Å². The van der Waals surface area contributed by atoms with Gasteiger partial charge in [-0.25, -0.2) is 0 Å². The molecule has 0 bridgehead atoms. The van der Waals surface area contributed by atoms with E-state index < -0.39 is 0 Å². The molecule has 4 heteroatoms. The largest absolute Gasteiger partial charge is 0.504 e. The normalized spacial score (nSPS) is 15.8. The van der Waals surface area contributed by atoms with Gasteiger partial charge in [-0.15, -0.1) is 12.4 Å². The van der Waals surface area contributed by atoms with Crippen molar-refractivity contribution >= 4 is 12.4 Å². The minimum atomic E-state index is -0.0492. The van der Waals surface area contributed by atoms with E-state index in [4.69, 9.17) is 0 Å². The van der Waals surface area contributed by atoms with Crippen LogP contribution in [-0.2, 0) is 12.8 Å². The second-order valence-electron chi connectivity index (χ2n) is 6.56. The maximum atomic E-state index is 9.84. The van der Waals surface area contributed by atoms with E-state index in [0.29, 0.717) is 0 Å². The number of phenolic OH excluding ortho intramolecular Hbond substituents is 2. The molecule has 3 aromatic rings. The van der Waals surface area contributed by atoms with E-state index in [-0.39, 0.29) is 29.9 Å². The molecule has 1 heterocycles. The number of phenols is 2. The number of hydrogen-bond donors (Lipinski definition) is 3. The standard InChI is InChI=1S/C22H21NO2.ClH/c24-21-13-18-10-11-23-20(19(18)14-22(21)25)12-15-6-8-17(9-7-15)16-4-2-1-3-5-16;/h1-9,13-14,20,23-25H,10-12H2;1H. The zero-order chi connectivity index (χ0) is 17.2. The molecule has 134 valence electrons. The van der Waals surface area contributed by atoms with Crippen LogP contribution in [0.1, 0.15) is 22.7 Å². The first-order valence-electron chi connectivity index (χ1n) is 8.63. The van der Waals surface area contributed by atoms with Crippen molar-refractivity contribution in [2.75, 3.05) is 6.54 Å². The average molecular weight is 368 g/mol. The first kappa shape index (κ1) is 18.3. The summed E-state index contributed by atoms with van der Waals surface area (Å²) in [6.45, 7) is 0.879. The van der Waals surface area contributed by atoms with Crippen LogP contribution in [0.3, 0.4) is 0 Å². The number of halogens is 1. The lowest BCUT2D eigenvalue weighted by Crippen LogP contribution is -2.31. The average Bonchev–Trinajstić information content (AvgIpc) is 2.65. The van der Waals surface area contributed by atoms with E-state index >= 15 is 0 Å². The highest BCUT2D eigenvalue weighted by atomic mass is 35.5. The Bertz CT molecular complexity index is 879. The Hall–Kier alpha value is -2.49. The summed E-state index contributed by atoms with van der Waals surface area (Å²) >= 11 is 0. The molecule has 4 rings (SSSR count). The molecule has 0 spiro atoms. The van der Waals surface area contributed by atoms with E-state index in [1.807, 2.05) is 18.2 Å². The number of aromatic hydroxyl groups is 2. The minimum absolute atomic E-state index is 0. The molecule has 0 saturated carbocycles. The van der Waals surface area contributed by atoms with Gasteiger partial charge in [-0.1, -0.05) is 54.6 Å². The molecule has 3 N–H and O–H groups in total. The highest BCUT2D eigenvalue weighted by Gasteiger charge is 2.22. The first-order chi connectivity index (χ1) is 12.2. The molecule has 3 nitrogen and oxygen atoms in total. The number of hydrogen-bond acceptors (Lipinski definition) is 3. The number of nitrogens with one attached hydrogen (secondary N) is 1. The summed E-state index contributed by atoms with van der Waals surface area (Å²) in [5.74, 6) is -0.0847. The SMILES string of the molecule is Cl.Oc1cc2c(cc1O)C(Cc1ccc(-c3ccccc3)cc1)NCC2. The predicted octanol–water partition coefficient (Wildman–Crippen LogP) is 4.62. The first-order valence-corrected chi connectivity index (χ1v) is 8.63. The van der Waals surface area contributed by atoms with Crippen LogP contribution in [0.2, 0.25) is 0 Å². The van der Waals surface area contributed by atoms with Gasteiger partial charge in [-0.3, -0.25) is 0 Å². The molecule has 1 aliphatic heterocycles. The molecule has 0 radical (unpaired) electrons. The molecule has 0 aromatic heterocycles. The van der Waals surface area contributed by atoms with Crippen LogP contribution in [0, 0.1) is 0 Å². The van der Waals surface area contributed by atoms with Crippen LogP contribution in [0.4, 0.5) is 0 Å². The fraction of sp³-hybridized carbons (Fsp3) is 0.182. The monoisotopic (exact) mass is 367 g/mol. The number of fused-ring (bicyclic) bond motifs is 1. The Morgan fingerprint density at radius 1 is 0.846 bits per heavy atom. The molecule has 1 unspecified atom stereocenters. The summed E-state index contributed by atoms with van der Waals surface area (Å²) in [5, 5.41) is 23.1. The van der Waals surface area contributed by atoms with Gasteiger partial charge in [-0.2, -0.15) is 0 Å².